The molecule has 1 atom stereocenters. The molecule has 0 heterocycles. The molecule has 0 radical (unpaired) electrons. The average molecular weight is 304 g/mol. The van der Waals surface area contributed by atoms with Crippen LogP contribution in [-0.2, 0) is 16.4 Å². The lowest BCUT2D eigenvalue weighted by atomic mass is 10.1. The summed E-state index contributed by atoms with van der Waals surface area (Å²) in [5.41, 5.74) is 1.15. The first-order chi connectivity index (χ1) is 8.86. The van der Waals surface area contributed by atoms with Crippen LogP contribution in [0.25, 0.3) is 0 Å². The quantitative estimate of drug-likeness (QED) is 0.786. The van der Waals surface area contributed by atoms with Crippen molar-refractivity contribution in [1.29, 1.82) is 0 Å². The molecule has 0 bridgehead atoms. The van der Waals surface area contributed by atoms with E-state index in [1.165, 1.54) is 0 Å². The van der Waals surface area contributed by atoms with Crippen LogP contribution in [0.5, 0.6) is 0 Å². The van der Waals surface area contributed by atoms with Crippen molar-refractivity contribution in [3.8, 4) is 0 Å². The minimum absolute atomic E-state index is 0.200. The lowest BCUT2D eigenvalue weighted by Crippen LogP contribution is -2.32. The zero-order chi connectivity index (χ0) is 14.5. The molecule has 0 aromatic heterocycles. The molecule has 0 amide bonds. The fourth-order valence-electron chi connectivity index (χ4n) is 1.63. The third-order valence-corrected chi connectivity index (χ3v) is 5.06. The Morgan fingerprint density at radius 3 is 2.26 bits per heavy atom. The Morgan fingerprint density at radius 1 is 1.21 bits per heavy atom. The standard InChI is InChI=1S/C14H22ClNO2S/c1-4-5-12-6-8-13(9-7-12)19(17,18)16-10-14(15)11(2)3/h6-9,11,14,16H,4-5,10H2,1-3H3. The maximum Gasteiger partial charge on any atom is 0.240 e. The van der Waals surface area contributed by atoms with Gasteiger partial charge in [-0.2, -0.15) is 0 Å². The highest BCUT2D eigenvalue weighted by Gasteiger charge is 2.17. The zero-order valence-corrected chi connectivity index (χ0v) is 13.3. The average Bonchev–Trinajstić information content (AvgIpc) is 2.37. The Kier molecular flexibility index (Phi) is 6.30. The summed E-state index contributed by atoms with van der Waals surface area (Å²) in [5, 5.41) is -0.200. The van der Waals surface area contributed by atoms with Crippen LogP contribution in [-0.4, -0.2) is 20.3 Å². The second kappa shape index (κ2) is 7.27. The SMILES string of the molecule is CCCc1ccc(S(=O)(=O)NCC(Cl)C(C)C)cc1. The zero-order valence-electron chi connectivity index (χ0n) is 11.7. The van der Waals surface area contributed by atoms with Gasteiger partial charge in [-0.15, -0.1) is 11.6 Å². The van der Waals surface area contributed by atoms with Gasteiger partial charge in [-0.05, 0) is 30.0 Å². The third kappa shape index (κ3) is 5.13. The topological polar surface area (TPSA) is 46.2 Å². The maximum atomic E-state index is 12.1. The number of benzene rings is 1. The number of sulfonamides is 1. The molecule has 3 nitrogen and oxygen atoms in total. The molecule has 1 aromatic rings. The number of nitrogens with one attached hydrogen (secondary N) is 1. The van der Waals surface area contributed by atoms with Crippen LogP contribution in [0.4, 0.5) is 0 Å². The monoisotopic (exact) mass is 303 g/mol. The largest absolute Gasteiger partial charge is 0.240 e. The van der Waals surface area contributed by atoms with Gasteiger partial charge in [-0.1, -0.05) is 39.3 Å². The summed E-state index contributed by atoms with van der Waals surface area (Å²) >= 11 is 6.05. The molecule has 0 saturated heterocycles. The molecule has 0 saturated carbocycles. The first kappa shape index (κ1) is 16.5. The predicted octanol–water partition coefficient (Wildman–Crippen LogP) is 3.18. The minimum Gasteiger partial charge on any atom is -0.210 e. The highest BCUT2D eigenvalue weighted by molar-refractivity contribution is 7.89. The molecule has 0 aliphatic rings. The van der Waals surface area contributed by atoms with Crippen LogP contribution in [0.3, 0.4) is 0 Å². The van der Waals surface area contributed by atoms with Gasteiger partial charge in [0.25, 0.3) is 0 Å². The molecule has 0 spiro atoms. The van der Waals surface area contributed by atoms with Crippen LogP contribution in [0.1, 0.15) is 32.8 Å². The Hall–Kier alpha value is -0.580. The summed E-state index contributed by atoms with van der Waals surface area (Å²) < 4.78 is 26.7. The number of halogens is 1. The van der Waals surface area contributed by atoms with Crippen molar-refractivity contribution in [3.05, 3.63) is 29.8 Å². The van der Waals surface area contributed by atoms with E-state index in [0.29, 0.717) is 4.90 Å². The van der Waals surface area contributed by atoms with Gasteiger partial charge in [-0.25, -0.2) is 13.1 Å². The van der Waals surface area contributed by atoms with Crippen molar-refractivity contribution in [1.82, 2.24) is 4.72 Å². The molecule has 5 heteroatoms. The summed E-state index contributed by atoms with van der Waals surface area (Å²) in [4.78, 5) is 0.292. The Balaban J connectivity index is 2.71. The molecule has 0 aliphatic heterocycles. The first-order valence-electron chi connectivity index (χ1n) is 6.59. The maximum absolute atomic E-state index is 12.1. The number of alkyl halides is 1. The molecule has 108 valence electrons. The predicted molar refractivity (Wildman–Crippen MR) is 80.1 cm³/mol. The number of aryl methyl sites for hydroxylation is 1. The van der Waals surface area contributed by atoms with Crippen LogP contribution in [0.15, 0.2) is 29.2 Å². The molecule has 1 aromatic carbocycles. The lowest BCUT2D eigenvalue weighted by Gasteiger charge is -2.14. The van der Waals surface area contributed by atoms with Gasteiger partial charge in [-0.3, -0.25) is 0 Å². The molecule has 19 heavy (non-hydrogen) atoms. The molecule has 1 rings (SSSR count). The van der Waals surface area contributed by atoms with Crippen LogP contribution in [0, 0.1) is 5.92 Å². The second-order valence-corrected chi connectivity index (χ2v) is 7.33. The lowest BCUT2D eigenvalue weighted by molar-refractivity contribution is 0.556. The van der Waals surface area contributed by atoms with Gasteiger partial charge in [0, 0.05) is 11.9 Å². The van der Waals surface area contributed by atoms with E-state index >= 15 is 0 Å². The van der Waals surface area contributed by atoms with Crippen LogP contribution >= 0.6 is 11.6 Å². The Bertz CT molecular complexity index is 483. The van der Waals surface area contributed by atoms with E-state index in [1.54, 1.807) is 12.1 Å². The summed E-state index contributed by atoms with van der Waals surface area (Å²) in [6.45, 7) is 6.27. The van der Waals surface area contributed by atoms with Gasteiger partial charge >= 0.3 is 0 Å². The molecule has 0 fully saturated rings. The van der Waals surface area contributed by atoms with Gasteiger partial charge in [0.1, 0.15) is 0 Å². The van der Waals surface area contributed by atoms with Crippen molar-refractivity contribution in [2.75, 3.05) is 6.54 Å². The molecule has 0 aliphatic carbocycles. The normalized spacial score (nSPS) is 13.7. The van der Waals surface area contributed by atoms with E-state index < -0.39 is 10.0 Å². The van der Waals surface area contributed by atoms with E-state index in [2.05, 4.69) is 11.6 Å². The summed E-state index contributed by atoms with van der Waals surface area (Å²) in [6.07, 6.45) is 2.01. The number of hydrogen-bond donors (Lipinski definition) is 1. The molecule has 1 unspecified atom stereocenters. The van der Waals surface area contributed by atoms with Crippen molar-refractivity contribution < 1.29 is 8.42 Å². The van der Waals surface area contributed by atoms with Crippen molar-refractivity contribution in [2.45, 2.75) is 43.9 Å². The van der Waals surface area contributed by atoms with Crippen molar-refractivity contribution >= 4 is 21.6 Å². The highest BCUT2D eigenvalue weighted by atomic mass is 35.5. The summed E-state index contributed by atoms with van der Waals surface area (Å²) in [7, 11) is -3.46. The van der Waals surface area contributed by atoms with E-state index in [-0.39, 0.29) is 17.8 Å². The highest BCUT2D eigenvalue weighted by Crippen LogP contribution is 2.13. The molecular formula is C14H22ClNO2S. The van der Waals surface area contributed by atoms with E-state index in [9.17, 15) is 8.42 Å². The second-order valence-electron chi connectivity index (χ2n) is 5.01. The fraction of sp³-hybridized carbons (Fsp3) is 0.571. The van der Waals surface area contributed by atoms with E-state index in [1.807, 2.05) is 26.0 Å². The minimum atomic E-state index is -3.46. The third-order valence-electron chi connectivity index (χ3n) is 2.96. The van der Waals surface area contributed by atoms with Crippen LogP contribution in [0.2, 0.25) is 0 Å². The summed E-state index contributed by atoms with van der Waals surface area (Å²) in [5.74, 6) is 0.233. The van der Waals surface area contributed by atoms with E-state index in [0.717, 1.165) is 18.4 Å². The van der Waals surface area contributed by atoms with Gasteiger partial charge in [0.05, 0.1) is 4.90 Å². The van der Waals surface area contributed by atoms with Gasteiger partial charge in [0.15, 0.2) is 0 Å². The number of hydrogen-bond acceptors (Lipinski definition) is 2. The first-order valence-corrected chi connectivity index (χ1v) is 8.51. The van der Waals surface area contributed by atoms with Gasteiger partial charge in [0.2, 0.25) is 10.0 Å². The Morgan fingerprint density at radius 2 is 1.79 bits per heavy atom. The fourth-order valence-corrected chi connectivity index (χ4v) is 2.86. The number of rotatable bonds is 7. The smallest absolute Gasteiger partial charge is 0.210 e. The van der Waals surface area contributed by atoms with Gasteiger partial charge < -0.3 is 0 Å². The Labute approximate surface area is 121 Å². The van der Waals surface area contributed by atoms with Crippen molar-refractivity contribution in [2.24, 2.45) is 5.92 Å². The van der Waals surface area contributed by atoms with Crippen LogP contribution < -0.4 is 4.72 Å². The molecular weight excluding hydrogens is 282 g/mol. The summed E-state index contributed by atoms with van der Waals surface area (Å²) in [6, 6.07) is 7.01. The van der Waals surface area contributed by atoms with Crippen molar-refractivity contribution in [3.63, 3.8) is 0 Å². The molecule has 1 N–H and O–H groups in total. The van der Waals surface area contributed by atoms with E-state index in [4.69, 9.17) is 11.6 Å².